The highest BCUT2D eigenvalue weighted by Crippen LogP contribution is 2.07. The van der Waals surface area contributed by atoms with Gasteiger partial charge in [0.25, 0.3) is 0 Å². The standard InChI is InChI=1S/C8H13NS/c1-7(2)9-6-8-4-3-5-10-8/h3-5,7,9H,6H2,1-2H3/i6D2. The van der Waals surface area contributed by atoms with Crippen LogP contribution in [0.1, 0.15) is 21.5 Å². The molecule has 0 amide bonds. The minimum Gasteiger partial charge on any atom is -0.310 e. The molecule has 56 valence electrons. The van der Waals surface area contributed by atoms with E-state index in [2.05, 4.69) is 5.32 Å². The van der Waals surface area contributed by atoms with Crippen molar-refractivity contribution in [2.24, 2.45) is 0 Å². The Bertz CT molecular complexity index is 231. The van der Waals surface area contributed by atoms with Crippen molar-refractivity contribution in [3.8, 4) is 0 Å². The maximum absolute atomic E-state index is 7.68. The van der Waals surface area contributed by atoms with Crippen molar-refractivity contribution in [2.45, 2.75) is 26.4 Å². The second kappa shape index (κ2) is 3.74. The lowest BCUT2D eigenvalue weighted by atomic mass is 10.4. The summed E-state index contributed by atoms with van der Waals surface area (Å²) < 4.78 is 15.4. The summed E-state index contributed by atoms with van der Waals surface area (Å²) >= 11 is 1.43. The van der Waals surface area contributed by atoms with Gasteiger partial charge in [-0.1, -0.05) is 19.9 Å². The molecule has 0 aromatic carbocycles. The minimum absolute atomic E-state index is 0.155. The molecule has 0 aliphatic carbocycles. The molecule has 0 saturated carbocycles. The molecule has 0 saturated heterocycles. The van der Waals surface area contributed by atoms with Crippen LogP contribution in [0.5, 0.6) is 0 Å². The third-order valence-electron chi connectivity index (χ3n) is 1.01. The van der Waals surface area contributed by atoms with Crippen molar-refractivity contribution in [3.63, 3.8) is 0 Å². The highest BCUT2D eigenvalue weighted by molar-refractivity contribution is 7.09. The zero-order valence-corrected chi connectivity index (χ0v) is 7.03. The summed E-state index contributed by atoms with van der Waals surface area (Å²) in [5.41, 5.74) is 0. The van der Waals surface area contributed by atoms with E-state index in [-0.39, 0.29) is 6.04 Å². The molecule has 1 N–H and O–H groups in total. The third-order valence-corrected chi connectivity index (χ3v) is 1.79. The largest absolute Gasteiger partial charge is 0.310 e. The maximum atomic E-state index is 7.68. The zero-order valence-electron chi connectivity index (χ0n) is 8.22. The number of rotatable bonds is 3. The van der Waals surface area contributed by atoms with E-state index in [1.807, 2.05) is 25.3 Å². The molecule has 0 bridgehead atoms. The Morgan fingerprint density at radius 1 is 1.80 bits per heavy atom. The first-order valence-corrected chi connectivity index (χ1v) is 4.22. The summed E-state index contributed by atoms with van der Waals surface area (Å²) in [4.78, 5) is 0.733. The Labute approximate surface area is 68.9 Å². The molecule has 0 radical (unpaired) electrons. The molecule has 1 rings (SSSR count). The van der Waals surface area contributed by atoms with Gasteiger partial charge in [-0.25, -0.2) is 0 Å². The number of hydrogen-bond donors (Lipinski definition) is 1. The van der Waals surface area contributed by atoms with Crippen molar-refractivity contribution in [3.05, 3.63) is 22.4 Å². The van der Waals surface area contributed by atoms with E-state index in [0.29, 0.717) is 0 Å². The van der Waals surface area contributed by atoms with Crippen LogP contribution in [-0.2, 0) is 6.50 Å². The molecule has 1 aromatic heterocycles. The second-order valence-electron chi connectivity index (χ2n) is 2.40. The lowest BCUT2D eigenvalue weighted by molar-refractivity contribution is 0.593. The van der Waals surface area contributed by atoms with E-state index < -0.39 is 6.50 Å². The van der Waals surface area contributed by atoms with Gasteiger partial charge in [-0.3, -0.25) is 0 Å². The third kappa shape index (κ3) is 2.50. The smallest absolute Gasteiger partial charge is 0.0488 e. The maximum Gasteiger partial charge on any atom is 0.0488 e. The number of hydrogen-bond acceptors (Lipinski definition) is 2. The summed E-state index contributed by atoms with van der Waals surface area (Å²) in [6.45, 7) is 2.49. The van der Waals surface area contributed by atoms with Crippen LogP contribution in [0, 0.1) is 0 Å². The van der Waals surface area contributed by atoms with Crippen LogP contribution in [0.25, 0.3) is 0 Å². The van der Waals surface area contributed by atoms with Crippen LogP contribution in [0.2, 0.25) is 0 Å². The Kier molecular flexibility index (Phi) is 1.99. The minimum atomic E-state index is -1.39. The summed E-state index contributed by atoms with van der Waals surface area (Å²) in [5, 5.41) is 4.75. The van der Waals surface area contributed by atoms with Gasteiger partial charge in [0.05, 0.1) is 0 Å². The van der Waals surface area contributed by atoms with Crippen LogP contribution in [-0.4, -0.2) is 6.04 Å². The molecule has 0 fully saturated rings. The Morgan fingerprint density at radius 2 is 2.60 bits per heavy atom. The van der Waals surface area contributed by atoms with Gasteiger partial charge in [-0.05, 0) is 11.4 Å². The number of nitrogens with one attached hydrogen (secondary N) is 1. The SMILES string of the molecule is [2H]C([2H])(NC(C)C)c1cccs1. The first-order valence-electron chi connectivity index (χ1n) is 4.34. The lowest BCUT2D eigenvalue weighted by Gasteiger charge is -2.04. The van der Waals surface area contributed by atoms with Gasteiger partial charge in [0.1, 0.15) is 0 Å². The molecule has 0 unspecified atom stereocenters. The van der Waals surface area contributed by atoms with Crippen molar-refractivity contribution < 1.29 is 2.74 Å². The fourth-order valence-corrected chi connectivity index (χ4v) is 1.14. The van der Waals surface area contributed by atoms with Crippen molar-refractivity contribution in [1.82, 2.24) is 5.32 Å². The lowest BCUT2D eigenvalue weighted by Crippen LogP contribution is -2.21. The van der Waals surface area contributed by atoms with Crippen LogP contribution in [0.4, 0.5) is 0 Å². The van der Waals surface area contributed by atoms with E-state index in [9.17, 15) is 0 Å². The molecule has 1 heterocycles. The molecule has 0 spiro atoms. The normalized spacial score (nSPS) is 15.1. The van der Waals surface area contributed by atoms with Gasteiger partial charge in [-0.2, -0.15) is 0 Å². The van der Waals surface area contributed by atoms with Gasteiger partial charge in [0, 0.05) is 20.2 Å². The molecule has 1 aromatic rings. The molecule has 10 heavy (non-hydrogen) atoms. The van der Waals surface area contributed by atoms with Gasteiger partial charge in [0.2, 0.25) is 0 Å². The highest BCUT2D eigenvalue weighted by Gasteiger charge is 1.93. The monoisotopic (exact) mass is 157 g/mol. The fraction of sp³-hybridized carbons (Fsp3) is 0.500. The second-order valence-corrected chi connectivity index (χ2v) is 3.35. The average Bonchev–Trinajstić information content (AvgIpc) is 2.32. The molecular weight excluding hydrogens is 142 g/mol. The molecule has 0 aliphatic rings. The summed E-state index contributed by atoms with van der Waals surface area (Å²) in [5.74, 6) is 0. The molecule has 1 nitrogen and oxygen atoms in total. The van der Waals surface area contributed by atoms with Crippen LogP contribution >= 0.6 is 11.3 Å². The van der Waals surface area contributed by atoms with Gasteiger partial charge in [-0.15, -0.1) is 11.3 Å². The summed E-state index contributed by atoms with van der Waals surface area (Å²) in [6.07, 6.45) is 0. The van der Waals surface area contributed by atoms with E-state index in [0.717, 1.165) is 4.88 Å². The van der Waals surface area contributed by atoms with E-state index >= 15 is 0 Å². The van der Waals surface area contributed by atoms with Gasteiger partial charge < -0.3 is 5.32 Å². The molecular formula is C8H13NS. The average molecular weight is 157 g/mol. The van der Waals surface area contributed by atoms with Crippen LogP contribution in [0.3, 0.4) is 0 Å². The van der Waals surface area contributed by atoms with Gasteiger partial charge in [0.15, 0.2) is 0 Å². The van der Waals surface area contributed by atoms with E-state index in [4.69, 9.17) is 2.74 Å². The molecule has 0 atom stereocenters. The quantitative estimate of drug-likeness (QED) is 0.709. The van der Waals surface area contributed by atoms with Crippen molar-refractivity contribution in [2.75, 3.05) is 0 Å². The Morgan fingerprint density at radius 3 is 3.10 bits per heavy atom. The van der Waals surface area contributed by atoms with E-state index in [1.54, 1.807) is 6.07 Å². The fourth-order valence-electron chi connectivity index (χ4n) is 0.565. The Hall–Kier alpha value is -0.340. The van der Waals surface area contributed by atoms with Crippen LogP contribution < -0.4 is 5.32 Å². The first-order chi connectivity index (χ1) is 5.52. The van der Waals surface area contributed by atoms with Gasteiger partial charge >= 0.3 is 0 Å². The van der Waals surface area contributed by atoms with E-state index in [1.165, 1.54) is 11.3 Å². The van der Waals surface area contributed by atoms with Crippen molar-refractivity contribution >= 4 is 11.3 Å². The number of thiophene rings is 1. The Balaban J connectivity index is 2.72. The van der Waals surface area contributed by atoms with Crippen molar-refractivity contribution in [1.29, 1.82) is 0 Å². The van der Waals surface area contributed by atoms with Crippen LogP contribution in [0.15, 0.2) is 17.5 Å². The predicted molar refractivity (Wildman–Crippen MR) is 46.3 cm³/mol. The highest BCUT2D eigenvalue weighted by atomic mass is 32.1. The summed E-state index contributed by atoms with van der Waals surface area (Å²) in [6, 6.07) is 3.82. The first kappa shape index (κ1) is 5.33. The predicted octanol–water partition coefficient (Wildman–Crippen LogP) is 2.25. The zero-order chi connectivity index (χ0) is 9.19. The topological polar surface area (TPSA) is 12.0 Å². The molecule has 2 heteroatoms. The summed E-state index contributed by atoms with van der Waals surface area (Å²) in [7, 11) is 0. The molecule has 0 aliphatic heterocycles.